The van der Waals surface area contributed by atoms with E-state index in [0.29, 0.717) is 33.4 Å². The van der Waals surface area contributed by atoms with Crippen LogP contribution in [-0.2, 0) is 0 Å². The number of rotatable bonds is 7. The van der Waals surface area contributed by atoms with Crippen molar-refractivity contribution in [3.05, 3.63) is 408 Å². The van der Waals surface area contributed by atoms with Crippen LogP contribution in [0, 0.1) is 1.59 Å². The number of aromatic nitrogens is 10. The van der Waals surface area contributed by atoms with E-state index in [0.717, 1.165) is 99.1 Å². The average Bonchev–Trinajstić information content (AvgIpc) is 1.60. The minimum atomic E-state index is -0.729. The molecule has 16 aromatic heterocycles. The summed E-state index contributed by atoms with van der Waals surface area (Å²) in [5.74, 6) is -0.793. The molecule has 1 N–H and O–H groups in total. The molecule has 3 aliphatic carbocycles. The van der Waals surface area contributed by atoms with Crippen LogP contribution in [0.15, 0.2) is 362 Å². The molecular weight excluding hydrogens is 2360 g/mol. The summed E-state index contributed by atoms with van der Waals surface area (Å²) in [4.78, 5) is 110. The van der Waals surface area contributed by atoms with Gasteiger partial charge in [0.25, 0.3) is 0 Å². The second kappa shape index (κ2) is 39.3. The third-order valence-corrected chi connectivity index (χ3v) is 37.5. The van der Waals surface area contributed by atoms with Crippen molar-refractivity contribution in [2.24, 2.45) is 0 Å². The topological polar surface area (TPSA) is 219 Å². The Balaban J connectivity index is 0.000000103. The van der Waals surface area contributed by atoms with E-state index in [1.165, 1.54) is 20.2 Å². The van der Waals surface area contributed by atoms with Crippen molar-refractivity contribution in [3.8, 4) is 14.8 Å². The summed E-state index contributed by atoms with van der Waals surface area (Å²) in [6.07, 6.45) is 23.7. The first-order valence-corrected chi connectivity index (χ1v) is 54.9. The van der Waals surface area contributed by atoms with Gasteiger partial charge in [0.05, 0.1) is 6.42 Å². The molecule has 6 aromatic carbocycles. The summed E-state index contributed by atoms with van der Waals surface area (Å²) in [6.45, 7) is 0. The maximum atomic E-state index is 13.0. The van der Waals surface area contributed by atoms with Gasteiger partial charge in [-0.1, -0.05) is 24.3 Å². The SMILES string of the molecule is Ic1ccc[te]1.O=C1C(=Cc2ccc(-n3ccc4cccnc43)[te]2)C(=O)c2cc3ccccc3cc21.O=C1C(=Cc2ccc(-n3ccc4cccnc43)[te]2)C(=O)c2cc3ccccc3cc21.O=C1CC(=O)c2cc3ccccc3cc21.O=Cc1ccc(-n2ccc3cccnc32)[te]1.c1c[te]c(-n2ccc3cccnc32)c1.c1cc[te]c1.c1cnc2[nH]ccc2c1. The van der Waals surface area contributed by atoms with Crippen LogP contribution < -0.4 is 0 Å². The first-order valence-electron chi connectivity index (χ1n) is 39.1. The molecule has 125 heavy (non-hydrogen) atoms. The largest absolute Gasteiger partial charge is 0.346 e. The minimum absolute atomic E-state index is 0.0334. The fourth-order valence-electron chi connectivity index (χ4n) is 14.6. The number of hydrogen-bond acceptors (Lipinski definition) is 12. The van der Waals surface area contributed by atoms with Crippen molar-refractivity contribution in [1.82, 2.24) is 48.2 Å². The average molecular weight is 2420 g/mol. The molecule has 17 nitrogen and oxygen atoms in total. The van der Waals surface area contributed by atoms with Crippen molar-refractivity contribution >= 4 is 286 Å². The number of carbonyl (C=O) groups is 7. The normalized spacial score (nSPS) is 12.3. The number of allylic oxidation sites excluding steroid dienone is 2. The molecule has 604 valence electrons. The van der Waals surface area contributed by atoms with Crippen LogP contribution in [0.3, 0.4) is 0 Å². The van der Waals surface area contributed by atoms with Gasteiger partial charge in [0.2, 0.25) is 0 Å². The van der Waals surface area contributed by atoms with Gasteiger partial charge in [-0.2, -0.15) is 0 Å². The van der Waals surface area contributed by atoms with Gasteiger partial charge in [-0.25, -0.2) is 4.98 Å². The third-order valence-electron chi connectivity index (χ3n) is 20.5. The molecule has 25 rings (SSSR count). The summed E-state index contributed by atoms with van der Waals surface area (Å²) in [7, 11) is 0. The second-order valence-electron chi connectivity index (χ2n) is 28.3. The number of nitrogens with zero attached hydrogens (tertiary/aromatic N) is 9. The van der Waals surface area contributed by atoms with E-state index in [1.807, 2.05) is 225 Å². The van der Waals surface area contributed by atoms with E-state index in [1.54, 1.807) is 38.5 Å². The van der Waals surface area contributed by atoms with Gasteiger partial charge >= 0.3 is 659 Å². The van der Waals surface area contributed by atoms with Gasteiger partial charge < -0.3 is 4.98 Å². The standard InChI is InChI=1S/2C25H14N2O2Te.C13H8O2.C12H8N2OTe.C11H8N2Te.C7H6N2.C4H3ITe.C4H4Te/c2*28-23-19-12-16-4-1-2-5-17(16)13-20(19)24(29)21(23)14-18-7-8-22(30-18)27-11-9-15-6-3-10-26-25(15)27;14-12-7-13(15)11-6-9-4-2-1-3-8(9)5-10(11)12;15-8-10-3-4-11(16-10)14-7-5-9-2-1-6-13-12(9)14;1-3-9-5-7-13(11(9)12-6-1)10-4-2-8-14-10;1-2-6-3-5-9-7(6)8-4-1;5-4-2-1-3-6-4;1-2-4-5-3-1/h2*1-14H;1-6H,7H2;1-8H;1-8H;1-5H,(H,8,9);1-3H;1-4H. The quantitative estimate of drug-likeness (QED) is 0.0393. The van der Waals surface area contributed by atoms with E-state index < -0.39 is 61.3 Å². The molecule has 22 aromatic rings. The van der Waals surface area contributed by atoms with Crippen molar-refractivity contribution in [3.63, 3.8) is 0 Å². The van der Waals surface area contributed by atoms with Crippen LogP contribution in [0.2, 0.25) is 0 Å². The molecule has 0 fully saturated rings. The minimum Gasteiger partial charge on any atom is -0.346 e. The monoisotopic (exact) mass is 2440 g/mol. The van der Waals surface area contributed by atoms with Crippen LogP contribution >= 0.6 is 22.6 Å². The van der Waals surface area contributed by atoms with Crippen LogP contribution in [0.4, 0.5) is 0 Å². The van der Waals surface area contributed by atoms with Crippen LogP contribution in [0.5, 0.6) is 0 Å². The molecule has 0 spiro atoms. The Hall–Kier alpha value is -10.9. The zero-order chi connectivity index (χ0) is 85.3. The molecule has 24 heteroatoms. The smallest absolute Gasteiger partial charge is 0.137 e. The maximum Gasteiger partial charge on any atom is 0.137 e. The zero-order valence-corrected chi connectivity index (χ0v) is 81.9. The first kappa shape index (κ1) is 84.9. The number of pyridine rings is 5. The van der Waals surface area contributed by atoms with E-state index in [-0.39, 0.29) is 114 Å². The Kier molecular flexibility index (Phi) is 26.7. The molecule has 0 amide bonds. The van der Waals surface area contributed by atoms with Crippen molar-refractivity contribution in [2.45, 2.75) is 6.42 Å². The number of aromatic amines is 1. The molecular formula is C101H65IN10O7Te6. The molecule has 0 saturated carbocycles. The molecule has 0 unspecified atom stereocenters. The number of ketones is 6. The first-order chi connectivity index (χ1) is 61.3. The van der Waals surface area contributed by atoms with E-state index in [4.69, 9.17) is 0 Å². The van der Waals surface area contributed by atoms with Gasteiger partial charge in [0.15, 0.2) is 11.6 Å². The third kappa shape index (κ3) is 19.0. The Bertz CT molecular complexity index is 7420. The van der Waals surface area contributed by atoms with Crippen LogP contribution in [0.1, 0.15) is 84.1 Å². The van der Waals surface area contributed by atoms with E-state index >= 15 is 0 Å². The van der Waals surface area contributed by atoms with Crippen molar-refractivity contribution in [2.75, 3.05) is 0 Å². The molecule has 0 atom stereocenters. The second-order valence-corrected chi connectivity index (χ2v) is 48.8. The number of aldehydes is 1. The molecule has 0 radical (unpaired) electrons. The summed E-state index contributed by atoms with van der Waals surface area (Å²) >= 11 is 0.728. The van der Waals surface area contributed by atoms with Crippen LogP contribution in [0.25, 0.3) is 114 Å². The molecule has 0 aliphatic heterocycles. The van der Waals surface area contributed by atoms with Gasteiger partial charge in [0.1, 0.15) is 5.65 Å². The van der Waals surface area contributed by atoms with Gasteiger partial charge in [-0.3, -0.25) is 9.59 Å². The number of benzene rings is 6. The number of hydrogen-bond donors (Lipinski definition) is 1. The summed E-state index contributed by atoms with van der Waals surface area (Å²) < 4.78 is 27.3. The number of H-pyrrole nitrogens is 1. The number of halogens is 1. The summed E-state index contributed by atoms with van der Waals surface area (Å²) in [6, 6.07) is 89.6. The predicted molar refractivity (Wildman–Crippen MR) is 511 cm³/mol. The Morgan fingerprint density at radius 3 is 0.984 bits per heavy atom. The zero-order valence-electron chi connectivity index (χ0n) is 65.7. The van der Waals surface area contributed by atoms with Crippen molar-refractivity contribution in [1.29, 1.82) is 0 Å². The fourth-order valence-corrected chi connectivity index (χ4v) is 28.0. The number of fused-ring (bicyclic) bond motifs is 11. The van der Waals surface area contributed by atoms with Gasteiger partial charge in [-0.05, 0) is 41.1 Å². The predicted octanol–water partition coefficient (Wildman–Crippen LogP) is 19.6. The van der Waals surface area contributed by atoms with Crippen molar-refractivity contribution < 1.29 is 33.6 Å². The Morgan fingerprint density at radius 2 is 0.656 bits per heavy atom. The fraction of sp³-hybridized carbons (Fsp3) is 0.00990. The van der Waals surface area contributed by atoms with Gasteiger partial charge in [0, 0.05) is 28.9 Å². The number of Topliss-reactive ketones (excluding diaryl/α,β-unsaturated/α-hetero) is 6. The molecule has 16 heterocycles. The van der Waals surface area contributed by atoms with E-state index in [9.17, 15) is 33.6 Å². The summed E-state index contributed by atoms with van der Waals surface area (Å²) in [5.41, 5.74) is 8.64. The number of nitrogens with one attached hydrogen (secondary N) is 1. The molecule has 0 saturated heterocycles. The van der Waals surface area contributed by atoms with Crippen LogP contribution in [-0.4, -0.2) is 212 Å². The summed E-state index contributed by atoms with van der Waals surface area (Å²) in [5, 5.41) is 11.6. The Labute approximate surface area is 787 Å². The van der Waals surface area contributed by atoms with E-state index in [2.05, 4.69) is 172 Å². The maximum absolute atomic E-state index is 13.0. The molecule has 0 bridgehead atoms. The Morgan fingerprint density at radius 1 is 0.312 bits per heavy atom. The molecule has 3 aliphatic rings. The number of carbonyl (C=O) groups excluding carboxylic acids is 7. The van der Waals surface area contributed by atoms with Gasteiger partial charge in [-0.15, -0.1) is 0 Å².